The molecule has 1 saturated heterocycles. The van der Waals surface area contributed by atoms with Gasteiger partial charge in [-0.3, -0.25) is 4.79 Å². The highest BCUT2D eigenvalue weighted by atomic mass is 16.2. The lowest BCUT2D eigenvalue weighted by Crippen LogP contribution is -2.37. The summed E-state index contributed by atoms with van der Waals surface area (Å²) in [6, 6.07) is 0.414. The van der Waals surface area contributed by atoms with Gasteiger partial charge in [0.15, 0.2) is 0 Å². The zero-order valence-corrected chi connectivity index (χ0v) is 8.04. The lowest BCUT2D eigenvalue weighted by atomic mass is 10.1. The summed E-state index contributed by atoms with van der Waals surface area (Å²) in [6.07, 6.45) is 11.0. The van der Waals surface area contributed by atoms with Crippen molar-refractivity contribution < 1.29 is 4.79 Å². The molecule has 0 saturated carbocycles. The van der Waals surface area contributed by atoms with Crippen molar-refractivity contribution in [1.82, 2.24) is 4.90 Å². The van der Waals surface area contributed by atoms with E-state index in [2.05, 4.69) is 17.1 Å². The monoisotopic (exact) mass is 179 g/mol. The van der Waals surface area contributed by atoms with Crippen LogP contribution in [0, 0.1) is 0 Å². The molecule has 0 aromatic carbocycles. The van der Waals surface area contributed by atoms with E-state index < -0.39 is 0 Å². The molecule has 0 unspecified atom stereocenters. The summed E-state index contributed by atoms with van der Waals surface area (Å²) in [5, 5.41) is 0. The van der Waals surface area contributed by atoms with Crippen molar-refractivity contribution in [3.8, 4) is 0 Å². The van der Waals surface area contributed by atoms with Crippen LogP contribution in [-0.2, 0) is 4.79 Å². The van der Waals surface area contributed by atoms with Crippen molar-refractivity contribution in [2.75, 3.05) is 6.54 Å². The van der Waals surface area contributed by atoms with E-state index in [0.717, 1.165) is 13.0 Å². The quantitative estimate of drug-likeness (QED) is 0.521. The summed E-state index contributed by atoms with van der Waals surface area (Å²) in [7, 11) is 0. The third-order valence-electron chi connectivity index (χ3n) is 3.00. The molecule has 2 aliphatic heterocycles. The molecular weight excluding hydrogens is 162 g/mol. The van der Waals surface area contributed by atoms with Crippen LogP contribution in [0.3, 0.4) is 0 Å². The zero-order chi connectivity index (χ0) is 9.10. The fourth-order valence-corrected chi connectivity index (χ4v) is 2.25. The van der Waals surface area contributed by atoms with Gasteiger partial charge in [-0.1, -0.05) is 25.0 Å². The first-order chi connectivity index (χ1) is 6.38. The van der Waals surface area contributed by atoms with Crippen LogP contribution in [0.2, 0.25) is 0 Å². The van der Waals surface area contributed by atoms with Crippen LogP contribution in [0.1, 0.15) is 38.5 Å². The summed E-state index contributed by atoms with van der Waals surface area (Å²) in [4.78, 5) is 13.8. The molecule has 2 heteroatoms. The van der Waals surface area contributed by atoms with E-state index >= 15 is 0 Å². The number of carbonyl (C=O) groups excluding carboxylic acids is 1. The van der Waals surface area contributed by atoms with Gasteiger partial charge in [0.05, 0.1) is 0 Å². The van der Waals surface area contributed by atoms with Crippen molar-refractivity contribution in [3.63, 3.8) is 0 Å². The number of allylic oxidation sites excluding steroid dienone is 1. The van der Waals surface area contributed by atoms with E-state index in [1.807, 2.05) is 0 Å². The Balaban J connectivity index is 2.14. The first kappa shape index (κ1) is 8.79. The van der Waals surface area contributed by atoms with Crippen molar-refractivity contribution >= 4 is 5.91 Å². The number of nitrogens with zero attached hydrogens (tertiary/aromatic N) is 1. The van der Waals surface area contributed by atoms with E-state index in [0.29, 0.717) is 18.4 Å². The highest BCUT2D eigenvalue weighted by Crippen LogP contribution is 2.21. The molecule has 2 nitrogen and oxygen atoms in total. The molecule has 1 amide bonds. The standard InChI is InChI=1S/C11H17NO/c13-11-8-4-3-7-10-6-2-1-5-9-12(10)11/h3,7,10H,1-2,4-6,8-9H2/t10-/m0/s1. The van der Waals surface area contributed by atoms with Gasteiger partial charge in [-0.15, -0.1) is 0 Å². The smallest absolute Gasteiger partial charge is 0.223 e. The van der Waals surface area contributed by atoms with Crippen molar-refractivity contribution in [1.29, 1.82) is 0 Å². The SMILES string of the molecule is O=C1CCC=C[C@@H]2CCCCCN12. The highest BCUT2D eigenvalue weighted by Gasteiger charge is 2.24. The topological polar surface area (TPSA) is 20.3 Å². The summed E-state index contributed by atoms with van der Waals surface area (Å²) >= 11 is 0. The summed E-state index contributed by atoms with van der Waals surface area (Å²) in [5.74, 6) is 0.358. The van der Waals surface area contributed by atoms with Crippen LogP contribution in [-0.4, -0.2) is 23.4 Å². The molecule has 1 fully saturated rings. The fraction of sp³-hybridized carbons (Fsp3) is 0.727. The number of amides is 1. The van der Waals surface area contributed by atoms with E-state index in [9.17, 15) is 4.79 Å². The summed E-state index contributed by atoms with van der Waals surface area (Å²) in [5.41, 5.74) is 0. The molecule has 0 radical (unpaired) electrons. The second-order valence-corrected chi connectivity index (χ2v) is 3.97. The van der Waals surface area contributed by atoms with Gasteiger partial charge < -0.3 is 4.90 Å². The predicted octanol–water partition coefficient (Wildman–Crippen LogP) is 2.11. The maximum Gasteiger partial charge on any atom is 0.223 e. The molecule has 1 atom stereocenters. The van der Waals surface area contributed by atoms with Crippen molar-refractivity contribution in [2.45, 2.75) is 44.6 Å². The normalized spacial score (nSPS) is 29.4. The van der Waals surface area contributed by atoms with Gasteiger partial charge in [0.1, 0.15) is 0 Å². The Morgan fingerprint density at radius 1 is 1.31 bits per heavy atom. The maximum atomic E-state index is 11.7. The Hall–Kier alpha value is -0.790. The Labute approximate surface area is 79.6 Å². The molecule has 0 aromatic rings. The second-order valence-electron chi connectivity index (χ2n) is 3.97. The highest BCUT2D eigenvalue weighted by molar-refractivity contribution is 5.77. The Morgan fingerprint density at radius 3 is 3.15 bits per heavy atom. The number of carbonyl (C=O) groups is 1. The van der Waals surface area contributed by atoms with Gasteiger partial charge >= 0.3 is 0 Å². The van der Waals surface area contributed by atoms with Crippen molar-refractivity contribution in [2.24, 2.45) is 0 Å². The predicted molar refractivity (Wildman–Crippen MR) is 52.3 cm³/mol. The van der Waals surface area contributed by atoms with Gasteiger partial charge in [0, 0.05) is 19.0 Å². The lowest BCUT2D eigenvalue weighted by Gasteiger charge is -2.26. The van der Waals surface area contributed by atoms with Crippen LogP contribution < -0.4 is 0 Å². The van der Waals surface area contributed by atoms with Gasteiger partial charge in [-0.05, 0) is 19.3 Å². The van der Waals surface area contributed by atoms with Crippen LogP contribution in [0.15, 0.2) is 12.2 Å². The van der Waals surface area contributed by atoms with Gasteiger partial charge in [0.25, 0.3) is 0 Å². The molecule has 0 N–H and O–H groups in total. The average Bonchev–Trinajstić information content (AvgIpc) is 2.43. The average molecular weight is 179 g/mol. The minimum Gasteiger partial charge on any atom is -0.336 e. The molecule has 0 aliphatic carbocycles. The number of rotatable bonds is 0. The van der Waals surface area contributed by atoms with Crippen LogP contribution in [0.5, 0.6) is 0 Å². The minimum absolute atomic E-state index is 0.358. The van der Waals surface area contributed by atoms with Crippen LogP contribution in [0.25, 0.3) is 0 Å². The number of hydrogen-bond acceptors (Lipinski definition) is 1. The van der Waals surface area contributed by atoms with Gasteiger partial charge in [-0.2, -0.15) is 0 Å². The first-order valence-electron chi connectivity index (χ1n) is 5.34. The lowest BCUT2D eigenvalue weighted by molar-refractivity contribution is -0.132. The summed E-state index contributed by atoms with van der Waals surface area (Å²) in [6.45, 7) is 0.980. The Morgan fingerprint density at radius 2 is 2.23 bits per heavy atom. The molecule has 2 heterocycles. The molecule has 0 spiro atoms. The Kier molecular flexibility index (Phi) is 2.67. The third-order valence-corrected chi connectivity index (χ3v) is 3.00. The third kappa shape index (κ3) is 1.93. The van der Waals surface area contributed by atoms with E-state index in [4.69, 9.17) is 0 Å². The first-order valence-corrected chi connectivity index (χ1v) is 5.34. The second kappa shape index (κ2) is 3.95. The molecular formula is C11H17NO. The summed E-state index contributed by atoms with van der Waals surface area (Å²) < 4.78 is 0. The maximum absolute atomic E-state index is 11.7. The van der Waals surface area contributed by atoms with Gasteiger partial charge in [-0.25, -0.2) is 0 Å². The molecule has 72 valence electrons. The van der Waals surface area contributed by atoms with Crippen LogP contribution in [0.4, 0.5) is 0 Å². The molecule has 0 bridgehead atoms. The number of hydrogen-bond donors (Lipinski definition) is 0. The molecule has 0 aromatic heterocycles. The van der Waals surface area contributed by atoms with Crippen LogP contribution >= 0.6 is 0 Å². The minimum atomic E-state index is 0.358. The van der Waals surface area contributed by atoms with Crippen molar-refractivity contribution in [3.05, 3.63) is 12.2 Å². The number of fused-ring (bicyclic) bond motifs is 1. The fourth-order valence-electron chi connectivity index (χ4n) is 2.25. The van der Waals surface area contributed by atoms with Gasteiger partial charge in [0.2, 0.25) is 5.91 Å². The van der Waals surface area contributed by atoms with E-state index in [-0.39, 0.29) is 0 Å². The molecule has 2 aliphatic rings. The zero-order valence-electron chi connectivity index (χ0n) is 8.04. The molecule has 2 rings (SSSR count). The van der Waals surface area contributed by atoms with E-state index in [1.54, 1.807) is 0 Å². The largest absolute Gasteiger partial charge is 0.336 e. The Bertz CT molecular complexity index is 222. The molecule has 13 heavy (non-hydrogen) atoms. The van der Waals surface area contributed by atoms with E-state index in [1.165, 1.54) is 25.7 Å².